The Bertz CT molecular complexity index is 1420. The van der Waals surface area contributed by atoms with Crippen LogP contribution in [0.3, 0.4) is 0 Å². The van der Waals surface area contributed by atoms with Crippen molar-refractivity contribution in [2.45, 2.75) is 19.3 Å². The number of nitrogens with zero attached hydrogens (tertiary/aromatic N) is 1. The van der Waals surface area contributed by atoms with E-state index in [2.05, 4.69) is 46.9 Å². The molecule has 0 aliphatic rings. The van der Waals surface area contributed by atoms with Gasteiger partial charge in [0, 0.05) is 30.4 Å². The van der Waals surface area contributed by atoms with E-state index >= 15 is 0 Å². The van der Waals surface area contributed by atoms with Crippen LogP contribution in [0.1, 0.15) is 35.5 Å². The molecule has 0 radical (unpaired) electrons. The van der Waals surface area contributed by atoms with Gasteiger partial charge in [0.2, 0.25) is 0 Å². The maximum atomic E-state index is 12.8. The van der Waals surface area contributed by atoms with Crippen LogP contribution in [0.15, 0.2) is 91.1 Å². The Morgan fingerprint density at radius 2 is 1.55 bits per heavy atom. The molecule has 3 N–H and O–H groups in total. The van der Waals surface area contributed by atoms with Gasteiger partial charge in [-0.05, 0) is 53.6 Å². The van der Waals surface area contributed by atoms with Crippen molar-refractivity contribution in [3.8, 4) is 17.2 Å². The molecule has 0 fully saturated rings. The van der Waals surface area contributed by atoms with Crippen LogP contribution >= 0.6 is 0 Å². The molecule has 8 heteroatoms. The fraction of sp³-hybridized carbons (Fsp3) is 0.167. The van der Waals surface area contributed by atoms with E-state index in [9.17, 15) is 9.59 Å². The van der Waals surface area contributed by atoms with Crippen molar-refractivity contribution >= 4 is 23.3 Å². The second-order valence-electron chi connectivity index (χ2n) is 9.07. The molecule has 0 aliphatic heterocycles. The van der Waals surface area contributed by atoms with E-state index in [1.807, 2.05) is 36.4 Å². The third kappa shape index (κ3) is 6.10. The Balaban J connectivity index is 1.44. The van der Waals surface area contributed by atoms with Gasteiger partial charge in [0.25, 0.3) is 5.91 Å². The Hall–Kier alpha value is -4.85. The molecule has 38 heavy (non-hydrogen) atoms. The monoisotopic (exact) mass is 510 g/mol. The van der Waals surface area contributed by atoms with Gasteiger partial charge in [0.15, 0.2) is 0 Å². The maximum absolute atomic E-state index is 12.8. The molecule has 1 aromatic heterocycles. The van der Waals surface area contributed by atoms with Crippen molar-refractivity contribution in [3.05, 3.63) is 108 Å². The SMILES string of the molecule is CNC(=O)c1cc(Oc2ccc(NC(=O)Nc3cc(C(C)(C)c4ccccc4)ccc3OC)cc2)ccn1. The van der Waals surface area contributed by atoms with Crippen LogP contribution in [0.4, 0.5) is 16.2 Å². The van der Waals surface area contributed by atoms with Gasteiger partial charge in [-0.15, -0.1) is 0 Å². The van der Waals surface area contributed by atoms with Gasteiger partial charge >= 0.3 is 6.03 Å². The molecular weight excluding hydrogens is 480 g/mol. The summed E-state index contributed by atoms with van der Waals surface area (Å²) in [5, 5.41) is 8.26. The molecule has 0 saturated heterocycles. The first-order chi connectivity index (χ1) is 18.3. The molecule has 1 heterocycles. The topological polar surface area (TPSA) is 102 Å². The summed E-state index contributed by atoms with van der Waals surface area (Å²) < 4.78 is 11.3. The van der Waals surface area contributed by atoms with Crippen LogP contribution in [0.25, 0.3) is 0 Å². The Kier molecular flexibility index (Phi) is 7.91. The van der Waals surface area contributed by atoms with Gasteiger partial charge in [0.05, 0.1) is 12.8 Å². The lowest BCUT2D eigenvalue weighted by atomic mass is 9.78. The molecule has 0 aliphatic carbocycles. The number of ether oxygens (including phenoxy) is 2. The Morgan fingerprint density at radius 1 is 0.816 bits per heavy atom. The number of aromatic nitrogens is 1. The number of urea groups is 1. The zero-order valence-corrected chi connectivity index (χ0v) is 21.7. The maximum Gasteiger partial charge on any atom is 0.323 e. The quantitative estimate of drug-likeness (QED) is 0.262. The molecule has 0 bridgehead atoms. The summed E-state index contributed by atoms with van der Waals surface area (Å²) in [5.74, 6) is 1.28. The number of hydrogen-bond acceptors (Lipinski definition) is 5. The molecule has 3 aromatic carbocycles. The van der Waals surface area contributed by atoms with Crippen LogP contribution in [0.2, 0.25) is 0 Å². The Labute approximate surface area is 222 Å². The van der Waals surface area contributed by atoms with Crippen LogP contribution in [-0.4, -0.2) is 31.1 Å². The average molecular weight is 511 g/mol. The molecule has 194 valence electrons. The highest BCUT2D eigenvalue weighted by Crippen LogP contribution is 2.36. The minimum atomic E-state index is -0.406. The van der Waals surface area contributed by atoms with Gasteiger partial charge in [-0.25, -0.2) is 4.79 Å². The third-order valence-electron chi connectivity index (χ3n) is 6.20. The van der Waals surface area contributed by atoms with Crippen molar-refractivity contribution in [2.75, 3.05) is 24.8 Å². The summed E-state index contributed by atoms with van der Waals surface area (Å²) in [5.41, 5.74) is 3.33. The number of carbonyl (C=O) groups excluding carboxylic acids is 2. The summed E-state index contributed by atoms with van der Waals surface area (Å²) >= 11 is 0. The van der Waals surface area contributed by atoms with Crippen LogP contribution in [-0.2, 0) is 5.41 Å². The van der Waals surface area contributed by atoms with Crippen molar-refractivity contribution in [1.82, 2.24) is 10.3 Å². The molecule has 0 spiro atoms. The minimum absolute atomic E-state index is 0.256. The van der Waals surface area contributed by atoms with Gasteiger partial charge in [0.1, 0.15) is 22.9 Å². The summed E-state index contributed by atoms with van der Waals surface area (Å²) in [4.78, 5) is 28.6. The smallest absolute Gasteiger partial charge is 0.323 e. The number of anilines is 2. The Morgan fingerprint density at radius 3 is 2.24 bits per heavy atom. The minimum Gasteiger partial charge on any atom is -0.495 e. The van der Waals surface area contributed by atoms with Crippen molar-refractivity contribution < 1.29 is 19.1 Å². The standard InChI is InChI=1S/C30H30N4O4/c1-30(2,20-8-6-5-7-9-20)21-10-15-27(37-4)25(18-21)34-29(36)33-22-11-13-23(14-12-22)38-24-16-17-32-26(19-24)28(35)31-3/h5-19H,1-4H3,(H,31,35)(H2,33,34,36). The number of benzene rings is 3. The number of rotatable bonds is 8. The molecular formula is C30H30N4O4. The van der Waals surface area contributed by atoms with Crippen molar-refractivity contribution in [1.29, 1.82) is 0 Å². The molecule has 0 atom stereocenters. The lowest BCUT2D eigenvalue weighted by Gasteiger charge is -2.27. The fourth-order valence-corrected chi connectivity index (χ4v) is 3.97. The highest BCUT2D eigenvalue weighted by Gasteiger charge is 2.24. The molecule has 0 saturated carbocycles. The van der Waals surface area contributed by atoms with Gasteiger partial charge in [-0.2, -0.15) is 0 Å². The number of pyridine rings is 1. The lowest BCUT2D eigenvalue weighted by Crippen LogP contribution is -2.22. The van der Waals surface area contributed by atoms with E-state index in [0.717, 1.165) is 5.56 Å². The van der Waals surface area contributed by atoms with E-state index in [4.69, 9.17) is 9.47 Å². The van der Waals surface area contributed by atoms with Crippen molar-refractivity contribution in [3.63, 3.8) is 0 Å². The zero-order chi connectivity index (χ0) is 27.1. The number of methoxy groups -OCH3 is 1. The summed E-state index contributed by atoms with van der Waals surface area (Å²) in [6.45, 7) is 4.28. The first-order valence-electron chi connectivity index (χ1n) is 12.1. The lowest BCUT2D eigenvalue weighted by molar-refractivity contribution is 0.0958. The number of hydrogen-bond donors (Lipinski definition) is 3. The van der Waals surface area contributed by atoms with Gasteiger partial charge < -0.3 is 25.4 Å². The first-order valence-corrected chi connectivity index (χ1v) is 12.1. The molecule has 4 aromatic rings. The van der Waals surface area contributed by atoms with Crippen LogP contribution in [0.5, 0.6) is 17.2 Å². The molecule has 8 nitrogen and oxygen atoms in total. The van der Waals surface area contributed by atoms with E-state index in [0.29, 0.717) is 28.6 Å². The average Bonchev–Trinajstić information content (AvgIpc) is 2.94. The van der Waals surface area contributed by atoms with E-state index in [1.165, 1.54) is 18.8 Å². The predicted octanol–water partition coefficient (Wildman–Crippen LogP) is 6.21. The van der Waals surface area contributed by atoms with E-state index < -0.39 is 6.03 Å². The number of carbonyl (C=O) groups is 2. The first kappa shape index (κ1) is 26.2. The van der Waals surface area contributed by atoms with Crippen LogP contribution in [0, 0.1) is 0 Å². The largest absolute Gasteiger partial charge is 0.495 e. The number of amides is 3. The zero-order valence-electron chi connectivity index (χ0n) is 21.7. The summed E-state index contributed by atoms with van der Waals surface area (Å²) in [6.07, 6.45) is 1.50. The highest BCUT2D eigenvalue weighted by atomic mass is 16.5. The fourth-order valence-electron chi connectivity index (χ4n) is 3.97. The van der Waals surface area contributed by atoms with Gasteiger partial charge in [-0.1, -0.05) is 50.2 Å². The second kappa shape index (κ2) is 11.5. The predicted molar refractivity (Wildman–Crippen MR) is 148 cm³/mol. The van der Waals surface area contributed by atoms with Crippen LogP contribution < -0.4 is 25.4 Å². The highest BCUT2D eigenvalue weighted by molar-refractivity contribution is 6.00. The third-order valence-corrected chi connectivity index (χ3v) is 6.20. The molecule has 4 rings (SSSR count). The normalized spacial score (nSPS) is 10.8. The van der Waals surface area contributed by atoms with Crippen molar-refractivity contribution in [2.24, 2.45) is 0 Å². The molecule has 0 unspecified atom stereocenters. The second-order valence-corrected chi connectivity index (χ2v) is 9.07. The van der Waals surface area contributed by atoms with E-state index in [-0.39, 0.29) is 17.0 Å². The van der Waals surface area contributed by atoms with E-state index in [1.54, 1.807) is 43.5 Å². The number of nitrogens with one attached hydrogen (secondary N) is 3. The molecule has 3 amide bonds. The summed E-state index contributed by atoms with van der Waals surface area (Å²) in [6, 6.07) is 25.7. The summed E-state index contributed by atoms with van der Waals surface area (Å²) in [7, 11) is 3.11. The van der Waals surface area contributed by atoms with Gasteiger partial charge in [-0.3, -0.25) is 9.78 Å².